The zero-order valence-electron chi connectivity index (χ0n) is 11.3. The number of benzene rings is 1. The van der Waals surface area contributed by atoms with E-state index in [1.54, 1.807) is 31.3 Å². The Balaban J connectivity index is 2.30. The molecule has 1 aliphatic rings. The lowest BCUT2D eigenvalue weighted by atomic mass is 10.1. The number of amides is 2. The van der Waals surface area contributed by atoms with Crippen molar-refractivity contribution >= 4 is 23.5 Å². The van der Waals surface area contributed by atoms with Gasteiger partial charge in [-0.3, -0.25) is 0 Å². The van der Waals surface area contributed by atoms with Gasteiger partial charge in [-0.2, -0.15) is 4.99 Å². The Bertz CT molecular complexity index is 548. The Morgan fingerprint density at radius 2 is 2.20 bits per heavy atom. The quantitative estimate of drug-likeness (QED) is 0.899. The fourth-order valence-corrected chi connectivity index (χ4v) is 2.39. The predicted molar refractivity (Wildman–Crippen MR) is 76.3 cm³/mol. The number of hydrogen-bond acceptors (Lipinski definition) is 4. The summed E-state index contributed by atoms with van der Waals surface area (Å²) in [6.07, 6.45) is 0. The number of methoxy groups -OCH3 is 2. The molecule has 1 aromatic carbocycles. The molecule has 0 aliphatic carbocycles. The fourth-order valence-electron chi connectivity index (χ4n) is 2.12. The molecule has 1 aliphatic heterocycles. The number of carbonyl (C=O) groups is 1. The summed E-state index contributed by atoms with van der Waals surface area (Å²) in [6, 6.07) is 4.50. The van der Waals surface area contributed by atoms with Gasteiger partial charge in [0.1, 0.15) is 17.6 Å². The van der Waals surface area contributed by atoms with Crippen LogP contribution >= 0.6 is 11.6 Å². The Morgan fingerprint density at radius 1 is 1.45 bits per heavy atom. The van der Waals surface area contributed by atoms with Crippen LogP contribution in [0.15, 0.2) is 23.2 Å². The van der Waals surface area contributed by atoms with Crippen molar-refractivity contribution in [1.29, 1.82) is 0 Å². The number of rotatable bonds is 5. The van der Waals surface area contributed by atoms with Gasteiger partial charge in [-0.05, 0) is 17.7 Å². The van der Waals surface area contributed by atoms with Crippen LogP contribution < -0.4 is 10.5 Å². The van der Waals surface area contributed by atoms with Crippen LogP contribution in [0.5, 0.6) is 5.75 Å². The van der Waals surface area contributed by atoms with E-state index in [9.17, 15) is 4.79 Å². The number of halogens is 1. The second kappa shape index (κ2) is 6.11. The third-order valence-electron chi connectivity index (χ3n) is 3.09. The molecule has 0 saturated heterocycles. The molecule has 1 atom stereocenters. The van der Waals surface area contributed by atoms with Crippen molar-refractivity contribution in [1.82, 2.24) is 4.90 Å². The van der Waals surface area contributed by atoms with Gasteiger partial charge in [-0.25, -0.2) is 4.79 Å². The Labute approximate surface area is 122 Å². The first-order valence-corrected chi connectivity index (χ1v) is 6.43. The topological polar surface area (TPSA) is 77.2 Å². The van der Waals surface area contributed by atoms with Crippen molar-refractivity contribution in [2.24, 2.45) is 10.7 Å². The van der Waals surface area contributed by atoms with E-state index in [2.05, 4.69) is 4.99 Å². The lowest BCUT2D eigenvalue weighted by Gasteiger charge is -2.24. The van der Waals surface area contributed by atoms with Gasteiger partial charge in [0.25, 0.3) is 0 Å². The largest absolute Gasteiger partial charge is 0.495 e. The summed E-state index contributed by atoms with van der Waals surface area (Å²) in [7, 11) is 3.12. The predicted octanol–water partition coefficient (Wildman–Crippen LogP) is 1.83. The molecule has 6 nitrogen and oxygen atoms in total. The normalized spacial score (nSPS) is 18.4. The van der Waals surface area contributed by atoms with E-state index in [1.807, 2.05) is 6.07 Å². The Morgan fingerprint density at radius 3 is 2.80 bits per heavy atom. The maximum Gasteiger partial charge on any atom is 0.346 e. The van der Waals surface area contributed by atoms with E-state index in [-0.39, 0.29) is 11.9 Å². The van der Waals surface area contributed by atoms with Gasteiger partial charge in [0.15, 0.2) is 0 Å². The lowest BCUT2D eigenvalue weighted by Crippen LogP contribution is -2.35. The standard InChI is InChI=1S/C13H16ClN3O3/c1-19-6-5-17-11(12(15)16-13(17)18)8-3-4-10(20-2)9(14)7-8/h3-4,7,11H,5-6H2,1-2H3,(H2,15,16,18). The molecule has 2 amide bonds. The van der Waals surface area contributed by atoms with Gasteiger partial charge >= 0.3 is 6.03 Å². The summed E-state index contributed by atoms with van der Waals surface area (Å²) in [6.45, 7) is 0.822. The second-order valence-electron chi connectivity index (χ2n) is 4.30. The number of nitrogens with two attached hydrogens (primary N) is 1. The maximum absolute atomic E-state index is 11.8. The smallest absolute Gasteiger partial charge is 0.346 e. The second-order valence-corrected chi connectivity index (χ2v) is 4.71. The summed E-state index contributed by atoms with van der Waals surface area (Å²) in [5, 5.41) is 0.462. The molecule has 0 aromatic heterocycles. The van der Waals surface area contributed by atoms with Gasteiger partial charge in [0.05, 0.1) is 18.7 Å². The van der Waals surface area contributed by atoms with Gasteiger partial charge in [0.2, 0.25) is 0 Å². The number of carbonyl (C=O) groups excluding carboxylic acids is 1. The molecule has 0 bridgehead atoms. The minimum absolute atomic E-state index is 0.257. The minimum Gasteiger partial charge on any atom is -0.495 e. The molecule has 0 spiro atoms. The summed E-state index contributed by atoms with van der Waals surface area (Å²) in [5.74, 6) is 0.825. The molecule has 20 heavy (non-hydrogen) atoms. The Kier molecular flexibility index (Phi) is 4.46. The maximum atomic E-state index is 11.8. The highest BCUT2D eigenvalue weighted by Crippen LogP contribution is 2.32. The molecule has 0 fully saturated rings. The number of aliphatic imine (C=N–C) groups is 1. The fraction of sp³-hybridized carbons (Fsp3) is 0.385. The molecule has 1 unspecified atom stereocenters. The lowest BCUT2D eigenvalue weighted by molar-refractivity contribution is 0.150. The minimum atomic E-state index is -0.416. The van der Waals surface area contributed by atoms with Crippen LogP contribution in [0.2, 0.25) is 5.02 Å². The van der Waals surface area contributed by atoms with Crippen molar-refractivity contribution in [2.75, 3.05) is 27.4 Å². The highest BCUT2D eigenvalue weighted by atomic mass is 35.5. The first kappa shape index (κ1) is 14.6. The Hall–Kier alpha value is -1.79. The third kappa shape index (κ3) is 2.71. The van der Waals surface area contributed by atoms with Gasteiger partial charge in [-0.15, -0.1) is 0 Å². The molecule has 2 rings (SSSR count). The highest BCUT2D eigenvalue weighted by Gasteiger charge is 2.34. The number of nitrogens with zero attached hydrogens (tertiary/aromatic N) is 2. The van der Waals surface area contributed by atoms with E-state index in [1.165, 1.54) is 0 Å². The van der Waals surface area contributed by atoms with Crippen LogP contribution in [-0.4, -0.2) is 44.1 Å². The van der Waals surface area contributed by atoms with Crippen LogP contribution in [0.25, 0.3) is 0 Å². The van der Waals surface area contributed by atoms with Crippen molar-refractivity contribution in [3.05, 3.63) is 28.8 Å². The molecular formula is C13H16ClN3O3. The van der Waals surface area contributed by atoms with Crippen molar-refractivity contribution < 1.29 is 14.3 Å². The molecule has 0 saturated carbocycles. The number of ether oxygens (including phenoxy) is 2. The van der Waals surface area contributed by atoms with E-state index in [4.69, 9.17) is 26.8 Å². The number of urea groups is 1. The third-order valence-corrected chi connectivity index (χ3v) is 3.39. The van der Waals surface area contributed by atoms with Crippen LogP contribution in [0.3, 0.4) is 0 Å². The monoisotopic (exact) mass is 297 g/mol. The first-order chi connectivity index (χ1) is 9.58. The van der Waals surface area contributed by atoms with Crippen LogP contribution in [-0.2, 0) is 4.74 Å². The average molecular weight is 298 g/mol. The summed E-state index contributed by atoms with van der Waals surface area (Å²) >= 11 is 6.11. The number of hydrogen-bond donors (Lipinski definition) is 1. The number of amidine groups is 1. The molecule has 7 heteroatoms. The molecule has 1 aromatic rings. The van der Waals surface area contributed by atoms with Gasteiger partial charge in [-0.1, -0.05) is 17.7 Å². The zero-order chi connectivity index (χ0) is 14.7. The van der Waals surface area contributed by atoms with E-state index < -0.39 is 6.04 Å². The van der Waals surface area contributed by atoms with Crippen LogP contribution in [0.1, 0.15) is 11.6 Å². The van der Waals surface area contributed by atoms with E-state index >= 15 is 0 Å². The van der Waals surface area contributed by atoms with Gasteiger partial charge < -0.3 is 20.1 Å². The molecule has 2 N–H and O–H groups in total. The summed E-state index contributed by atoms with van der Waals surface area (Å²) in [5.41, 5.74) is 6.65. The van der Waals surface area contributed by atoms with E-state index in [0.717, 1.165) is 5.56 Å². The molecule has 1 heterocycles. The average Bonchev–Trinajstić information content (AvgIpc) is 2.70. The molecular weight excluding hydrogens is 282 g/mol. The summed E-state index contributed by atoms with van der Waals surface area (Å²) in [4.78, 5) is 17.2. The molecule has 0 radical (unpaired) electrons. The zero-order valence-corrected chi connectivity index (χ0v) is 12.1. The SMILES string of the molecule is COCCN1C(=O)N=C(N)C1c1ccc(OC)c(Cl)c1. The highest BCUT2D eigenvalue weighted by molar-refractivity contribution is 6.32. The van der Waals surface area contributed by atoms with Crippen LogP contribution in [0.4, 0.5) is 4.79 Å². The van der Waals surface area contributed by atoms with Crippen molar-refractivity contribution in [2.45, 2.75) is 6.04 Å². The molecule has 108 valence electrons. The van der Waals surface area contributed by atoms with Crippen molar-refractivity contribution in [3.8, 4) is 5.75 Å². The van der Waals surface area contributed by atoms with Crippen LogP contribution in [0, 0.1) is 0 Å². The summed E-state index contributed by atoms with van der Waals surface area (Å²) < 4.78 is 10.1. The van der Waals surface area contributed by atoms with E-state index in [0.29, 0.717) is 23.9 Å². The first-order valence-electron chi connectivity index (χ1n) is 6.05. The van der Waals surface area contributed by atoms with Crippen molar-refractivity contribution in [3.63, 3.8) is 0 Å². The van der Waals surface area contributed by atoms with Gasteiger partial charge in [0, 0.05) is 13.7 Å².